The van der Waals surface area contributed by atoms with Crippen molar-refractivity contribution in [2.24, 2.45) is 0 Å². The molecule has 0 atom stereocenters. The topological polar surface area (TPSA) is 105 Å². The van der Waals surface area contributed by atoms with Crippen molar-refractivity contribution < 1.29 is 22.7 Å². The molecule has 8 nitrogen and oxygen atoms in total. The van der Waals surface area contributed by atoms with Crippen LogP contribution in [0.1, 0.15) is 12.5 Å². The summed E-state index contributed by atoms with van der Waals surface area (Å²) in [4.78, 5) is 24.4. The van der Waals surface area contributed by atoms with E-state index in [1.165, 1.54) is 31.1 Å². The van der Waals surface area contributed by atoms with E-state index < -0.39 is 10.0 Å². The van der Waals surface area contributed by atoms with Crippen molar-refractivity contribution in [1.82, 2.24) is 9.62 Å². The average molecular weight is 355 g/mol. The van der Waals surface area contributed by atoms with Crippen molar-refractivity contribution >= 4 is 27.5 Å². The normalized spacial score (nSPS) is 13.5. The molecular weight excluding hydrogens is 334 g/mol. The first-order valence-corrected chi connectivity index (χ1v) is 8.98. The summed E-state index contributed by atoms with van der Waals surface area (Å²) in [5, 5.41) is 2.66. The van der Waals surface area contributed by atoms with Crippen LogP contribution in [0.4, 0.5) is 5.69 Å². The number of carbonyl (C=O) groups is 2. The summed E-state index contributed by atoms with van der Waals surface area (Å²) >= 11 is 0. The number of anilines is 1. The fourth-order valence-electron chi connectivity index (χ4n) is 2.40. The molecule has 2 rings (SSSR count). The lowest BCUT2D eigenvalue weighted by Crippen LogP contribution is -2.39. The van der Waals surface area contributed by atoms with E-state index in [4.69, 9.17) is 4.74 Å². The van der Waals surface area contributed by atoms with Gasteiger partial charge in [0.1, 0.15) is 0 Å². The molecule has 0 bridgehead atoms. The Morgan fingerprint density at radius 1 is 1.38 bits per heavy atom. The molecule has 9 heteroatoms. The predicted molar refractivity (Wildman–Crippen MR) is 88.1 cm³/mol. The van der Waals surface area contributed by atoms with Crippen LogP contribution >= 0.6 is 0 Å². The molecule has 0 radical (unpaired) electrons. The van der Waals surface area contributed by atoms with E-state index in [0.29, 0.717) is 24.4 Å². The second kappa shape index (κ2) is 7.73. The molecule has 1 heterocycles. The van der Waals surface area contributed by atoms with Gasteiger partial charge in [0.25, 0.3) is 0 Å². The second-order valence-corrected chi connectivity index (χ2v) is 7.21. The molecule has 2 N–H and O–H groups in total. The highest BCUT2D eigenvalue weighted by molar-refractivity contribution is 7.89. The lowest BCUT2D eigenvalue weighted by Gasteiger charge is -2.20. The maximum Gasteiger partial charge on any atom is 0.240 e. The van der Waals surface area contributed by atoms with Crippen molar-refractivity contribution in [2.75, 3.05) is 38.7 Å². The van der Waals surface area contributed by atoms with Crippen molar-refractivity contribution in [3.05, 3.63) is 23.8 Å². The molecule has 2 amide bonds. The van der Waals surface area contributed by atoms with Crippen LogP contribution in [0, 0.1) is 0 Å². The maximum absolute atomic E-state index is 12.3. The Kier molecular flexibility index (Phi) is 5.92. The Bertz CT molecular complexity index is 733. The molecule has 1 aliphatic rings. The van der Waals surface area contributed by atoms with Crippen LogP contribution in [-0.4, -0.2) is 58.5 Å². The number of carbonyl (C=O) groups excluding carboxylic acids is 2. The molecule has 1 aromatic carbocycles. The minimum atomic E-state index is -3.70. The largest absolute Gasteiger partial charge is 0.383 e. The Labute approximate surface area is 141 Å². The number of amides is 2. The molecule has 0 aliphatic carbocycles. The highest BCUT2D eigenvalue weighted by Gasteiger charge is 2.21. The van der Waals surface area contributed by atoms with Crippen LogP contribution in [0.5, 0.6) is 0 Å². The Morgan fingerprint density at radius 2 is 2.12 bits per heavy atom. The van der Waals surface area contributed by atoms with E-state index in [1.54, 1.807) is 6.07 Å². The average Bonchev–Trinajstić information content (AvgIpc) is 2.89. The number of benzene rings is 1. The third-order valence-electron chi connectivity index (χ3n) is 3.70. The van der Waals surface area contributed by atoms with Crippen molar-refractivity contribution in [3.63, 3.8) is 0 Å². The SMILES string of the molecule is COCCN(CCNS(=O)(=O)c1ccc2c(c1)CC(=O)N2)C(C)=O. The van der Waals surface area contributed by atoms with Crippen LogP contribution < -0.4 is 10.0 Å². The van der Waals surface area contributed by atoms with Crippen LogP contribution in [0.25, 0.3) is 0 Å². The summed E-state index contributed by atoms with van der Waals surface area (Å²) in [6, 6.07) is 4.51. The predicted octanol–water partition coefficient (Wildman–Crippen LogP) is -0.0456. The van der Waals surface area contributed by atoms with Crippen molar-refractivity contribution in [3.8, 4) is 0 Å². The Morgan fingerprint density at radius 3 is 2.79 bits per heavy atom. The van der Waals surface area contributed by atoms with E-state index in [0.717, 1.165) is 0 Å². The molecule has 132 valence electrons. The first kappa shape index (κ1) is 18.4. The number of methoxy groups -OCH3 is 1. The number of fused-ring (bicyclic) bond motifs is 1. The number of hydrogen-bond acceptors (Lipinski definition) is 5. The molecule has 0 saturated carbocycles. The van der Waals surface area contributed by atoms with Gasteiger partial charge < -0.3 is 15.0 Å². The van der Waals surface area contributed by atoms with Crippen LogP contribution in [0.3, 0.4) is 0 Å². The fraction of sp³-hybridized carbons (Fsp3) is 0.467. The number of nitrogens with zero attached hydrogens (tertiary/aromatic N) is 1. The van der Waals surface area contributed by atoms with E-state index in [2.05, 4.69) is 10.0 Å². The van der Waals surface area contributed by atoms with Gasteiger partial charge in [-0.1, -0.05) is 0 Å². The zero-order valence-electron chi connectivity index (χ0n) is 13.7. The standard InChI is InChI=1S/C15H21N3O5S/c1-11(19)18(7-8-23-2)6-5-16-24(21,22)13-3-4-14-12(9-13)10-15(20)17-14/h3-4,9,16H,5-8,10H2,1-2H3,(H,17,20). The summed E-state index contributed by atoms with van der Waals surface area (Å²) < 4.78 is 32.1. The van der Waals surface area contributed by atoms with Gasteiger partial charge in [-0.3, -0.25) is 9.59 Å². The van der Waals surface area contributed by atoms with E-state index in [1.807, 2.05) is 0 Å². The van der Waals surface area contributed by atoms with Gasteiger partial charge in [0, 0.05) is 39.4 Å². The summed E-state index contributed by atoms with van der Waals surface area (Å²) in [6.07, 6.45) is 0.174. The maximum atomic E-state index is 12.3. The first-order chi connectivity index (χ1) is 11.3. The zero-order chi connectivity index (χ0) is 17.7. The molecule has 24 heavy (non-hydrogen) atoms. The van der Waals surface area contributed by atoms with Crippen LogP contribution in [0.2, 0.25) is 0 Å². The summed E-state index contributed by atoms with van der Waals surface area (Å²) in [6.45, 7) is 2.57. The molecule has 1 aliphatic heterocycles. The molecule has 0 saturated heterocycles. The van der Waals surface area contributed by atoms with Gasteiger partial charge in [-0.2, -0.15) is 0 Å². The zero-order valence-corrected chi connectivity index (χ0v) is 14.5. The van der Waals surface area contributed by atoms with Gasteiger partial charge in [0.15, 0.2) is 0 Å². The van der Waals surface area contributed by atoms with Crippen LogP contribution in [-0.2, 0) is 30.8 Å². The Hall–Kier alpha value is -1.97. The molecule has 0 fully saturated rings. The van der Waals surface area contributed by atoms with E-state index >= 15 is 0 Å². The Balaban J connectivity index is 1.98. The summed E-state index contributed by atoms with van der Waals surface area (Å²) in [5.41, 5.74) is 1.30. The summed E-state index contributed by atoms with van der Waals surface area (Å²) in [5.74, 6) is -0.295. The highest BCUT2D eigenvalue weighted by Crippen LogP contribution is 2.25. The molecule has 0 spiro atoms. The monoisotopic (exact) mass is 355 g/mol. The summed E-state index contributed by atoms with van der Waals surface area (Å²) in [7, 11) is -2.16. The van der Waals surface area contributed by atoms with Crippen LogP contribution in [0.15, 0.2) is 23.1 Å². The van der Waals surface area contributed by atoms with Gasteiger partial charge in [0.2, 0.25) is 21.8 Å². The molecule has 0 aromatic heterocycles. The van der Waals surface area contributed by atoms with Gasteiger partial charge in [-0.15, -0.1) is 0 Å². The van der Waals surface area contributed by atoms with E-state index in [9.17, 15) is 18.0 Å². The lowest BCUT2D eigenvalue weighted by atomic mass is 10.2. The number of rotatable bonds is 8. The minimum Gasteiger partial charge on any atom is -0.383 e. The molecular formula is C15H21N3O5S. The smallest absolute Gasteiger partial charge is 0.240 e. The number of sulfonamides is 1. The first-order valence-electron chi connectivity index (χ1n) is 7.50. The third kappa shape index (κ3) is 4.53. The van der Waals surface area contributed by atoms with Crippen molar-refractivity contribution in [2.45, 2.75) is 18.2 Å². The van der Waals surface area contributed by atoms with Gasteiger partial charge in [-0.05, 0) is 23.8 Å². The van der Waals surface area contributed by atoms with Gasteiger partial charge in [-0.25, -0.2) is 13.1 Å². The fourth-order valence-corrected chi connectivity index (χ4v) is 3.47. The van der Waals surface area contributed by atoms with Gasteiger partial charge >= 0.3 is 0 Å². The third-order valence-corrected chi connectivity index (χ3v) is 5.16. The van der Waals surface area contributed by atoms with E-state index in [-0.39, 0.29) is 36.2 Å². The van der Waals surface area contributed by atoms with Crippen molar-refractivity contribution in [1.29, 1.82) is 0 Å². The van der Waals surface area contributed by atoms with Gasteiger partial charge in [0.05, 0.1) is 17.9 Å². The number of hydrogen-bond donors (Lipinski definition) is 2. The minimum absolute atomic E-state index is 0.0971. The molecule has 1 aromatic rings. The number of ether oxygens (including phenoxy) is 1. The quantitative estimate of drug-likeness (QED) is 0.680. The number of nitrogens with one attached hydrogen (secondary N) is 2. The molecule has 0 unspecified atom stereocenters. The lowest BCUT2D eigenvalue weighted by molar-refractivity contribution is -0.129. The highest BCUT2D eigenvalue weighted by atomic mass is 32.2. The second-order valence-electron chi connectivity index (χ2n) is 5.44.